The van der Waals surface area contributed by atoms with Crippen molar-refractivity contribution in [2.75, 3.05) is 9.80 Å². The van der Waals surface area contributed by atoms with Crippen molar-refractivity contribution < 1.29 is 4.42 Å². The van der Waals surface area contributed by atoms with Gasteiger partial charge in [-0.15, -0.1) is 11.3 Å². The summed E-state index contributed by atoms with van der Waals surface area (Å²) in [5, 5.41) is 3.63. The highest BCUT2D eigenvalue weighted by Gasteiger charge is 2.47. The van der Waals surface area contributed by atoms with E-state index in [0.29, 0.717) is 0 Å². The van der Waals surface area contributed by atoms with Crippen LogP contribution in [0, 0.1) is 6.92 Å². The van der Waals surface area contributed by atoms with Gasteiger partial charge in [0.15, 0.2) is 5.58 Å². The second-order valence-corrected chi connectivity index (χ2v) is 22.5. The van der Waals surface area contributed by atoms with E-state index in [4.69, 9.17) is 4.42 Å². The Morgan fingerprint density at radius 3 is 2.02 bits per heavy atom. The smallest absolute Gasteiger partial charge is 0.264 e. The molecule has 0 bridgehead atoms. The molecule has 0 unspecified atom stereocenters. The predicted octanol–water partition coefficient (Wildman–Crippen LogP) is 14.1. The van der Waals surface area contributed by atoms with E-state index in [2.05, 4.69) is 195 Å². The maximum atomic E-state index is 6.86. The van der Waals surface area contributed by atoms with Crippen LogP contribution < -0.4 is 25.5 Å². The fourth-order valence-electron chi connectivity index (χ4n) is 10.7. The lowest BCUT2D eigenvalue weighted by Crippen LogP contribution is -2.60. The molecule has 0 saturated carbocycles. The Kier molecular flexibility index (Phi) is 7.81. The monoisotopic (exact) mass is 802 g/mol. The number of hydrogen-bond donors (Lipinski definition) is 0. The lowest BCUT2D eigenvalue weighted by molar-refractivity contribution is 0.332. The Morgan fingerprint density at radius 1 is 0.600 bits per heavy atom. The Bertz CT molecular complexity index is 3110. The lowest BCUT2D eigenvalue weighted by atomic mass is 9.36. The normalized spacial score (nSPS) is 16.6. The highest BCUT2D eigenvalue weighted by atomic mass is 32.1. The van der Waals surface area contributed by atoms with Crippen LogP contribution in [0.4, 0.5) is 34.1 Å². The minimum atomic E-state index is -0.0333. The lowest BCUT2D eigenvalue weighted by Gasteiger charge is -2.45. The number of fused-ring (bicyclic) bond motifs is 10. The van der Waals surface area contributed by atoms with Gasteiger partial charge in [0.1, 0.15) is 5.58 Å². The average molecular weight is 803 g/mol. The van der Waals surface area contributed by atoms with Gasteiger partial charge in [0.2, 0.25) is 0 Å². The van der Waals surface area contributed by atoms with E-state index in [9.17, 15) is 0 Å². The summed E-state index contributed by atoms with van der Waals surface area (Å²) in [6.07, 6.45) is 2.37. The molecule has 60 heavy (non-hydrogen) atoms. The second-order valence-electron chi connectivity index (χ2n) is 21.4. The van der Waals surface area contributed by atoms with Gasteiger partial charge < -0.3 is 14.2 Å². The fourth-order valence-corrected chi connectivity index (χ4v) is 12.0. The van der Waals surface area contributed by atoms with E-state index in [1.54, 1.807) is 0 Å². The Balaban J connectivity index is 1.26. The third kappa shape index (κ3) is 5.40. The van der Waals surface area contributed by atoms with E-state index in [1.165, 1.54) is 94.9 Å². The molecule has 8 aromatic rings. The van der Waals surface area contributed by atoms with Gasteiger partial charge in [-0.3, -0.25) is 0 Å². The highest BCUT2D eigenvalue weighted by molar-refractivity contribution is 7.33. The van der Waals surface area contributed by atoms with E-state index in [1.807, 2.05) is 11.3 Å². The zero-order valence-corrected chi connectivity index (χ0v) is 37.9. The summed E-state index contributed by atoms with van der Waals surface area (Å²) < 4.78 is 9.61. The summed E-state index contributed by atoms with van der Waals surface area (Å²) in [4.78, 5) is 5.21. The van der Waals surface area contributed by atoms with Crippen LogP contribution in [0.15, 0.2) is 114 Å². The molecule has 2 aromatic heterocycles. The molecule has 3 nitrogen and oxygen atoms in total. The van der Waals surface area contributed by atoms with E-state index in [-0.39, 0.29) is 28.4 Å². The fraction of sp³-hybridized carbons (Fsp3) is 0.309. The third-order valence-electron chi connectivity index (χ3n) is 14.3. The standard InChI is InChI=1S/C55H55BN2OS/c1-32-27-44-48-45(28-32)58(42-17-14-16-37-36-15-12-13-18-46(36)59-50(37)42)43-30-34(53(5,6)7)19-23-41(43)56(48)51-49(38-29-33(52(2,3)4)20-24-47(38)60-51)57(44)35-21-22-39-40(31-35)55(10,11)26-25-54(39,8)9/h12-24,27-31H,25-26H2,1-11H3. The molecular weight excluding hydrogens is 747 g/mol. The molecule has 0 fully saturated rings. The zero-order valence-electron chi connectivity index (χ0n) is 37.1. The first-order valence-electron chi connectivity index (χ1n) is 21.9. The predicted molar refractivity (Wildman–Crippen MR) is 261 cm³/mol. The summed E-state index contributed by atoms with van der Waals surface area (Å²) >= 11 is 1.99. The van der Waals surface area contributed by atoms with Crippen molar-refractivity contribution in [2.45, 2.75) is 111 Å². The molecule has 5 heteroatoms. The largest absolute Gasteiger partial charge is 0.454 e. The number of nitrogens with zero attached hydrogens (tertiary/aromatic N) is 2. The number of para-hydroxylation sites is 2. The molecule has 0 N–H and O–H groups in total. The molecule has 3 aliphatic rings. The minimum Gasteiger partial charge on any atom is -0.454 e. The number of thiophene rings is 1. The van der Waals surface area contributed by atoms with E-state index < -0.39 is 0 Å². The average Bonchev–Trinajstić information content (AvgIpc) is 3.77. The van der Waals surface area contributed by atoms with Gasteiger partial charge in [0, 0.05) is 48.4 Å². The number of benzene rings is 6. The first-order valence-corrected chi connectivity index (χ1v) is 22.7. The van der Waals surface area contributed by atoms with E-state index in [0.717, 1.165) is 27.6 Å². The number of rotatable bonds is 2. The summed E-state index contributed by atoms with van der Waals surface area (Å²) in [7, 11) is 0. The molecule has 300 valence electrons. The van der Waals surface area contributed by atoms with Crippen LogP contribution in [0.1, 0.15) is 110 Å². The summed E-state index contributed by atoms with van der Waals surface area (Å²) in [6.45, 7) is 26.1. The Hall–Kier alpha value is -5.26. The second kappa shape index (κ2) is 12.4. The van der Waals surface area contributed by atoms with E-state index >= 15 is 0 Å². The maximum Gasteiger partial charge on any atom is 0.264 e. The van der Waals surface area contributed by atoms with Crippen LogP contribution in [-0.2, 0) is 21.7 Å². The molecule has 1 aliphatic carbocycles. The summed E-state index contributed by atoms with van der Waals surface area (Å²) in [5.74, 6) is 0. The molecule has 4 heterocycles. The van der Waals surface area contributed by atoms with Crippen molar-refractivity contribution in [3.63, 3.8) is 0 Å². The van der Waals surface area contributed by atoms with Crippen molar-refractivity contribution in [1.29, 1.82) is 0 Å². The van der Waals surface area contributed by atoms with Crippen molar-refractivity contribution in [3.8, 4) is 0 Å². The third-order valence-corrected chi connectivity index (χ3v) is 15.5. The van der Waals surface area contributed by atoms with Gasteiger partial charge in [-0.25, -0.2) is 0 Å². The van der Waals surface area contributed by atoms with Crippen LogP contribution in [0.2, 0.25) is 0 Å². The Morgan fingerprint density at radius 2 is 1.27 bits per heavy atom. The molecule has 0 saturated heterocycles. The van der Waals surface area contributed by atoms with Crippen molar-refractivity contribution in [2.24, 2.45) is 0 Å². The van der Waals surface area contributed by atoms with Crippen LogP contribution >= 0.6 is 11.3 Å². The van der Waals surface area contributed by atoms with Crippen LogP contribution in [0.5, 0.6) is 0 Å². The Labute approximate surface area is 360 Å². The number of hydrogen-bond acceptors (Lipinski definition) is 4. The number of furan rings is 1. The quantitative estimate of drug-likeness (QED) is 0.162. The summed E-state index contributed by atoms with van der Waals surface area (Å²) in [5.41, 5.74) is 19.0. The number of anilines is 6. The molecular formula is C55H55BN2OS. The van der Waals surface area contributed by atoms with Gasteiger partial charge in [-0.05, 0) is 135 Å². The molecule has 0 radical (unpaired) electrons. The van der Waals surface area contributed by atoms with Crippen LogP contribution in [0.25, 0.3) is 32.0 Å². The first-order chi connectivity index (χ1) is 28.4. The molecule has 0 atom stereocenters. The molecule has 6 aromatic carbocycles. The van der Waals surface area contributed by atoms with Crippen molar-refractivity contribution in [1.82, 2.24) is 0 Å². The highest BCUT2D eigenvalue weighted by Crippen LogP contribution is 2.53. The molecule has 11 rings (SSSR count). The maximum absolute atomic E-state index is 6.86. The SMILES string of the molecule is Cc1cc2c3c(c1)N(c1cccc4c1oc1ccccc14)c1cc(C(C)(C)C)ccc1B3c1sc3ccc(C(C)(C)C)cc3c1N2c1ccc2c(c1)C(C)(C)CCC2(C)C. The van der Waals surface area contributed by atoms with Crippen LogP contribution in [0.3, 0.4) is 0 Å². The zero-order chi connectivity index (χ0) is 41.8. The van der Waals surface area contributed by atoms with Gasteiger partial charge in [0.25, 0.3) is 6.71 Å². The van der Waals surface area contributed by atoms with Gasteiger partial charge in [-0.2, -0.15) is 0 Å². The topological polar surface area (TPSA) is 19.6 Å². The van der Waals surface area contributed by atoms with Crippen LogP contribution in [-0.4, -0.2) is 6.71 Å². The van der Waals surface area contributed by atoms with Crippen molar-refractivity contribution in [3.05, 3.63) is 137 Å². The van der Waals surface area contributed by atoms with Gasteiger partial charge in [-0.1, -0.05) is 124 Å². The summed E-state index contributed by atoms with van der Waals surface area (Å²) in [6, 6.07) is 42.1. The van der Waals surface area contributed by atoms with Gasteiger partial charge in [0.05, 0.1) is 11.4 Å². The first kappa shape index (κ1) is 37.7. The van der Waals surface area contributed by atoms with Crippen molar-refractivity contribution >= 4 is 99.9 Å². The molecule has 2 aliphatic heterocycles. The molecule has 0 amide bonds. The minimum absolute atomic E-state index is 0.0184. The molecule has 0 spiro atoms. The number of aryl methyl sites for hydroxylation is 1. The van der Waals surface area contributed by atoms with Gasteiger partial charge >= 0.3 is 0 Å².